The van der Waals surface area contributed by atoms with Gasteiger partial charge in [0.25, 0.3) is 0 Å². The van der Waals surface area contributed by atoms with Crippen LogP contribution in [-0.4, -0.2) is 4.98 Å². The van der Waals surface area contributed by atoms with Crippen molar-refractivity contribution in [2.75, 3.05) is 0 Å². The Bertz CT molecular complexity index is 454. The Morgan fingerprint density at radius 2 is 1.81 bits per heavy atom. The molecule has 0 bridgehead atoms. The number of hydrogen-bond donors (Lipinski definition) is 2. The summed E-state index contributed by atoms with van der Waals surface area (Å²) in [7, 11) is 0. The zero-order valence-electron chi connectivity index (χ0n) is 9.01. The lowest BCUT2D eigenvalue weighted by atomic mass is 9.99. The van der Waals surface area contributed by atoms with Crippen LogP contribution in [0.15, 0.2) is 48.8 Å². The molecule has 82 valence electrons. The molecule has 0 amide bonds. The maximum absolute atomic E-state index is 6.17. The lowest BCUT2D eigenvalue weighted by Gasteiger charge is -2.13. The van der Waals surface area contributed by atoms with E-state index in [1.54, 1.807) is 12.4 Å². The van der Waals surface area contributed by atoms with E-state index in [0.717, 1.165) is 16.7 Å². The van der Waals surface area contributed by atoms with Gasteiger partial charge in [0.1, 0.15) is 0 Å². The molecule has 3 nitrogen and oxygen atoms in total. The van der Waals surface area contributed by atoms with E-state index in [1.165, 1.54) is 0 Å². The predicted octanol–water partition coefficient (Wildman–Crippen LogP) is 1.59. The smallest absolute Gasteiger partial charge is 0.0552 e. The Morgan fingerprint density at radius 1 is 1.06 bits per heavy atom. The third-order valence-corrected chi connectivity index (χ3v) is 2.61. The molecule has 0 radical (unpaired) electrons. The molecule has 1 aromatic carbocycles. The predicted molar refractivity (Wildman–Crippen MR) is 64.6 cm³/mol. The minimum Gasteiger partial charge on any atom is -0.326 e. The van der Waals surface area contributed by atoms with Crippen molar-refractivity contribution in [3.8, 4) is 0 Å². The normalized spacial score (nSPS) is 12.4. The molecule has 16 heavy (non-hydrogen) atoms. The highest BCUT2D eigenvalue weighted by Gasteiger charge is 2.08. The van der Waals surface area contributed by atoms with E-state index in [-0.39, 0.29) is 6.04 Å². The Labute approximate surface area is 95.1 Å². The molecule has 0 aliphatic carbocycles. The van der Waals surface area contributed by atoms with Gasteiger partial charge in [-0.15, -0.1) is 0 Å². The fraction of sp³-hybridized carbons (Fsp3) is 0.154. The lowest BCUT2D eigenvalue weighted by molar-refractivity contribution is 0.863. The molecule has 0 saturated heterocycles. The first-order valence-electron chi connectivity index (χ1n) is 5.25. The van der Waals surface area contributed by atoms with Crippen molar-refractivity contribution in [1.82, 2.24) is 4.98 Å². The first-order chi connectivity index (χ1) is 7.81. The number of rotatable bonds is 3. The van der Waals surface area contributed by atoms with Crippen molar-refractivity contribution < 1.29 is 0 Å². The standard InChI is InChI=1S/C13H15N3/c14-9-10-2-1-3-12(8-10)13(15)11-4-6-16-7-5-11/h1-8,13H,9,14-15H2. The number of nitrogens with two attached hydrogens (primary N) is 2. The molecule has 3 heteroatoms. The average molecular weight is 213 g/mol. The van der Waals surface area contributed by atoms with E-state index >= 15 is 0 Å². The molecule has 0 spiro atoms. The van der Waals surface area contributed by atoms with Crippen molar-refractivity contribution in [2.45, 2.75) is 12.6 Å². The Hall–Kier alpha value is -1.71. The van der Waals surface area contributed by atoms with Gasteiger partial charge in [0.2, 0.25) is 0 Å². The van der Waals surface area contributed by atoms with Gasteiger partial charge < -0.3 is 11.5 Å². The number of benzene rings is 1. The second kappa shape index (κ2) is 4.88. The van der Waals surface area contributed by atoms with Crippen LogP contribution in [0.2, 0.25) is 0 Å². The van der Waals surface area contributed by atoms with E-state index < -0.39 is 0 Å². The van der Waals surface area contributed by atoms with Crippen LogP contribution in [-0.2, 0) is 6.54 Å². The fourth-order valence-electron chi connectivity index (χ4n) is 1.68. The maximum Gasteiger partial charge on any atom is 0.0552 e. The van der Waals surface area contributed by atoms with Crippen LogP contribution >= 0.6 is 0 Å². The number of pyridine rings is 1. The van der Waals surface area contributed by atoms with Crippen LogP contribution in [0, 0.1) is 0 Å². The zero-order chi connectivity index (χ0) is 11.4. The van der Waals surface area contributed by atoms with Gasteiger partial charge >= 0.3 is 0 Å². The summed E-state index contributed by atoms with van der Waals surface area (Å²) in [5.74, 6) is 0. The van der Waals surface area contributed by atoms with E-state index in [0.29, 0.717) is 6.54 Å². The molecule has 1 heterocycles. The van der Waals surface area contributed by atoms with E-state index in [2.05, 4.69) is 4.98 Å². The molecule has 0 fully saturated rings. The zero-order valence-corrected chi connectivity index (χ0v) is 9.01. The van der Waals surface area contributed by atoms with Crippen LogP contribution < -0.4 is 11.5 Å². The highest BCUT2D eigenvalue weighted by atomic mass is 14.7. The van der Waals surface area contributed by atoms with Crippen molar-refractivity contribution in [3.05, 3.63) is 65.5 Å². The molecule has 2 aromatic rings. The second-order valence-corrected chi connectivity index (χ2v) is 3.71. The van der Waals surface area contributed by atoms with Gasteiger partial charge in [-0.2, -0.15) is 0 Å². The van der Waals surface area contributed by atoms with Gasteiger partial charge in [-0.1, -0.05) is 24.3 Å². The molecule has 0 saturated carbocycles. The Kier molecular flexibility index (Phi) is 3.29. The van der Waals surface area contributed by atoms with Gasteiger partial charge in [0.15, 0.2) is 0 Å². The summed E-state index contributed by atoms with van der Waals surface area (Å²) in [6, 6.07) is 11.8. The molecule has 2 rings (SSSR count). The van der Waals surface area contributed by atoms with Crippen LogP contribution in [0.1, 0.15) is 22.7 Å². The molecule has 1 unspecified atom stereocenters. The molecule has 4 N–H and O–H groups in total. The fourth-order valence-corrected chi connectivity index (χ4v) is 1.68. The Balaban J connectivity index is 2.30. The van der Waals surface area contributed by atoms with Crippen molar-refractivity contribution in [1.29, 1.82) is 0 Å². The first-order valence-corrected chi connectivity index (χ1v) is 5.25. The molecule has 1 aromatic heterocycles. The van der Waals surface area contributed by atoms with Gasteiger partial charge in [0.05, 0.1) is 6.04 Å². The molecule has 1 atom stereocenters. The van der Waals surface area contributed by atoms with Crippen LogP contribution in [0.3, 0.4) is 0 Å². The largest absolute Gasteiger partial charge is 0.326 e. The van der Waals surface area contributed by atoms with Gasteiger partial charge in [-0.05, 0) is 28.8 Å². The molecule has 0 aliphatic heterocycles. The van der Waals surface area contributed by atoms with E-state index in [4.69, 9.17) is 11.5 Å². The quantitative estimate of drug-likeness (QED) is 0.813. The van der Waals surface area contributed by atoms with Gasteiger partial charge in [0, 0.05) is 18.9 Å². The molecular formula is C13H15N3. The maximum atomic E-state index is 6.17. The summed E-state index contributed by atoms with van der Waals surface area (Å²) in [6.07, 6.45) is 3.50. The third kappa shape index (κ3) is 2.27. The monoisotopic (exact) mass is 213 g/mol. The van der Waals surface area contributed by atoms with Crippen molar-refractivity contribution in [3.63, 3.8) is 0 Å². The van der Waals surface area contributed by atoms with E-state index in [1.807, 2.05) is 36.4 Å². The highest BCUT2D eigenvalue weighted by Crippen LogP contribution is 2.19. The van der Waals surface area contributed by atoms with Gasteiger partial charge in [-0.25, -0.2) is 0 Å². The van der Waals surface area contributed by atoms with E-state index in [9.17, 15) is 0 Å². The molecule has 0 aliphatic rings. The summed E-state index contributed by atoms with van der Waals surface area (Å²) in [5, 5.41) is 0. The third-order valence-electron chi connectivity index (χ3n) is 2.61. The summed E-state index contributed by atoms with van der Waals surface area (Å²) >= 11 is 0. The first kappa shape index (κ1) is 10.8. The number of hydrogen-bond acceptors (Lipinski definition) is 3. The van der Waals surface area contributed by atoms with Crippen LogP contribution in [0.25, 0.3) is 0 Å². The summed E-state index contributed by atoms with van der Waals surface area (Å²) in [4.78, 5) is 3.98. The minimum atomic E-state index is -0.116. The summed E-state index contributed by atoms with van der Waals surface area (Å²) in [5.41, 5.74) is 15.0. The average Bonchev–Trinajstić information content (AvgIpc) is 2.39. The molecular weight excluding hydrogens is 198 g/mol. The van der Waals surface area contributed by atoms with Crippen molar-refractivity contribution >= 4 is 0 Å². The SMILES string of the molecule is NCc1cccc(C(N)c2ccncc2)c1. The lowest BCUT2D eigenvalue weighted by Crippen LogP contribution is -2.12. The van der Waals surface area contributed by atoms with Crippen LogP contribution in [0.5, 0.6) is 0 Å². The minimum absolute atomic E-state index is 0.116. The Morgan fingerprint density at radius 3 is 2.50 bits per heavy atom. The number of nitrogens with zero attached hydrogens (tertiary/aromatic N) is 1. The number of aromatic nitrogens is 1. The summed E-state index contributed by atoms with van der Waals surface area (Å²) < 4.78 is 0. The van der Waals surface area contributed by atoms with Crippen molar-refractivity contribution in [2.24, 2.45) is 11.5 Å². The second-order valence-electron chi connectivity index (χ2n) is 3.71. The van der Waals surface area contributed by atoms with Gasteiger partial charge in [-0.3, -0.25) is 4.98 Å². The van der Waals surface area contributed by atoms with Crippen LogP contribution in [0.4, 0.5) is 0 Å². The highest BCUT2D eigenvalue weighted by molar-refractivity contribution is 5.32. The summed E-state index contributed by atoms with van der Waals surface area (Å²) in [6.45, 7) is 0.539. The topological polar surface area (TPSA) is 64.9 Å².